The van der Waals surface area contributed by atoms with Crippen molar-refractivity contribution in [2.75, 3.05) is 20.8 Å². The number of aliphatic hydroxyl groups excluding tert-OH is 1. The number of aliphatic hydroxyl groups is 1. The first-order valence-electron chi connectivity index (χ1n) is 7.10. The molecule has 0 radical (unpaired) electrons. The molecule has 0 saturated heterocycles. The van der Waals surface area contributed by atoms with E-state index in [9.17, 15) is 5.11 Å². The molecule has 0 bridgehead atoms. The number of likely N-dealkylation sites (N-methyl/N-ethyl adjacent to an activating group) is 1. The minimum absolute atomic E-state index is 0.0132. The van der Waals surface area contributed by atoms with E-state index >= 15 is 0 Å². The maximum atomic E-state index is 9.59. The molecule has 0 amide bonds. The Kier molecular flexibility index (Phi) is 5.99. The molecule has 0 aromatic heterocycles. The first kappa shape index (κ1) is 17.0. The number of nitrogens with two attached hydrogens (primary N) is 1. The van der Waals surface area contributed by atoms with Gasteiger partial charge < -0.3 is 15.6 Å². The van der Waals surface area contributed by atoms with Crippen LogP contribution >= 0.6 is 0 Å². The SMILES string of the molecule is CCC(N)C(c1ccc(OC)cc1)N(C)C(C)(C)CO. The summed E-state index contributed by atoms with van der Waals surface area (Å²) in [5.41, 5.74) is 7.14. The van der Waals surface area contributed by atoms with Gasteiger partial charge in [0.25, 0.3) is 0 Å². The Morgan fingerprint density at radius 1 is 1.30 bits per heavy atom. The van der Waals surface area contributed by atoms with Crippen LogP contribution in [0.3, 0.4) is 0 Å². The Morgan fingerprint density at radius 3 is 2.25 bits per heavy atom. The van der Waals surface area contributed by atoms with E-state index in [2.05, 4.69) is 11.8 Å². The first-order chi connectivity index (χ1) is 9.37. The lowest BCUT2D eigenvalue weighted by Crippen LogP contribution is -2.51. The van der Waals surface area contributed by atoms with Gasteiger partial charge in [-0.2, -0.15) is 0 Å². The fraction of sp³-hybridized carbons (Fsp3) is 0.625. The van der Waals surface area contributed by atoms with Crippen LogP contribution in [0.4, 0.5) is 0 Å². The molecule has 2 unspecified atom stereocenters. The van der Waals surface area contributed by atoms with Crippen LogP contribution in [0.2, 0.25) is 0 Å². The fourth-order valence-corrected chi connectivity index (χ4v) is 2.27. The zero-order valence-electron chi connectivity index (χ0n) is 13.3. The van der Waals surface area contributed by atoms with E-state index in [0.29, 0.717) is 0 Å². The summed E-state index contributed by atoms with van der Waals surface area (Å²) in [7, 11) is 3.67. The van der Waals surface area contributed by atoms with Gasteiger partial charge in [-0.15, -0.1) is 0 Å². The highest BCUT2D eigenvalue weighted by Crippen LogP contribution is 2.30. The molecular formula is C16H28N2O2. The molecule has 2 atom stereocenters. The second-order valence-corrected chi connectivity index (χ2v) is 5.87. The molecular weight excluding hydrogens is 252 g/mol. The molecule has 1 rings (SSSR count). The number of benzene rings is 1. The van der Waals surface area contributed by atoms with Gasteiger partial charge in [-0.1, -0.05) is 19.1 Å². The molecule has 0 aliphatic carbocycles. The Labute approximate surface area is 122 Å². The molecule has 0 aliphatic heterocycles. The standard InChI is InChI=1S/C16H28N2O2/c1-6-14(17)15(18(4)16(2,3)11-19)12-7-9-13(20-5)10-8-12/h7-10,14-15,19H,6,11,17H2,1-5H3. The van der Waals surface area contributed by atoms with Crippen molar-refractivity contribution in [3.63, 3.8) is 0 Å². The number of rotatable bonds is 7. The normalized spacial score (nSPS) is 15.2. The van der Waals surface area contributed by atoms with Crippen molar-refractivity contribution < 1.29 is 9.84 Å². The lowest BCUT2D eigenvalue weighted by Gasteiger charge is -2.42. The third-order valence-electron chi connectivity index (χ3n) is 4.09. The predicted octanol–water partition coefficient (Wildman–Crippen LogP) is 2.18. The Balaban J connectivity index is 3.11. The van der Waals surface area contributed by atoms with Gasteiger partial charge in [0.1, 0.15) is 5.75 Å². The molecule has 4 heteroatoms. The topological polar surface area (TPSA) is 58.7 Å². The Bertz CT molecular complexity index is 403. The summed E-state index contributed by atoms with van der Waals surface area (Å²) in [5.74, 6) is 0.835. The van der Waals surface area contributed by atoms with Crippen LogP contribution in [0.25, 0.3) is 0 Å². The highest BCUT2D eigenvalue weighted by molar-refractivity contribution is 5.30. The molecule has 3 N–H and O–H groups in total. The van der Waals surface area contributed by atoms with Crippen molar-refractivity contribution in [2.45, 2.75) is 44.8 Å². The van der Waals surface area contributed by atoms with Gasteiger partial charge in [0.05, 0.1) is 19.8 Å². The van der Waals surface area contributed by atoms with Gasteiger partial charge in [-0.05, 0) is 45.0 Å². The number of hydrogen-bond donors (Lipinski definition) is 2. The average molecular weight is 280 g/mol. The third-order valence-corrected chi connectivity index (χ3v) is 4.09. The quantitative estimate of drug-likeness (QED) is 0.803. The van der Waals surface area contributed by atoms with Gasteiger partial charge in [-0.3, -0.25) is 4.90 Å². The highest BCUT2D eigenvalue weighted by atomic mass is 16.5. The van der Waals surface area contributed by atoms with E-state index < -0.39 is 0 Å². The lowest BCUT2D eigenvalue weighted by molar-refractivity contribution is 0.0345. The monoisotopic (exact) mass is 280 g/mol. The third kappa shape index (κ3) is 3.72. The summed E-state index contributed by atoms with van der Waals surface area (Å²) in [6.45, 7) is 6.21. The van der Waals surface area contributed by atoms with Crippen LogP contribution in [0.5, 0.6) is 5.75 Å². The first-order valence-corrected chi connectivity index (χ1v) is 7.10. The highest BCUT2D eigenvalue weighted by Gasteiger charge is 2.32. The second-order valence-electron chi connectivity index (χ2n) is 5.87. The average Bonchev–Trinajstić information content (AvgIpc) is 2.47. The maximum Gasteiger partial charge on any atom is 0.118 e. The summed E-state index contributed by atoms with van der Waals surface area (Å²) in [4.78, 5) is 2.16. The minimum atomic E-state index is -0.322. The number of nitrogens with zero attached hydrogens (tertiary/aromatic N) is 1. The molecule has 0 aliphatic rings. The molecule has 114 valence electrons. The van der Waals surface area contributed by atoms with E-state index in [0.717, 1.165) is 17.7 Å². The number of ether oxygens (including phenoxy) is 1. The summed E-state index contributed by atoms with van der Waals surface area (Å²) >= 11 is 0. The van der Waals surface area contributed by atoms with Gasteiger partial charge in [-0.25, -0.2) is 0 Å². The van der Waals surface area contributed by atoms with Crippen LogP contribution in [0, 0.1) is 0 Å². The van der Waals surface area contributed by atoms with Crippen LogP contribution < -0.4 is 10.5 Å². The molecule has 1 aromatic rings. The number of methoxy groups -OCH3 is 1. The summed E-state index contributed by atoms with van der Waals surface area (Å²) in [6, 6.07) is 8.06. The minimum Gasteiger partial charge on any atom is -0.497 e. The fourth-order valence-electron chi connectivity index (χ4n) is 2.27. The Morgan fingerprint density at radius 2 is 1.85 bits per heavy atom. The summed E-state index contributed by atoms with van der Waals surface area (Å²) in [5, 5.41) is 9.59. The van der Waals surface area contributed by atoms with Crippen LogP contribution in [-0.4, -0.2) is 42.4 Å². The molecule has 20 heavy (non-hydrogen) atoms. The van der Waals surface area contributed by atoms with E-state index in [4.69, 9.17) is 10.5 Å². The Hall–Kier alpha value is -1.10. The van der Waals surface area contributed by atoms with E-state index in [1.165, 1.54) is 0 Å². The molecule has 0 saturated carbocycles. The van der Waals surface area contributed by atoms with Crippen LogP contribution in [0.1, 0.15) is 38.8 Å². The van der Waals surface area contributed by atoms with Crippen LogP contribution in [-0.2, 0) is 0 Å². The van der Waals surface area contributed by atoms with Crippen molar-refractivity contribution in [3.8, 4) is 5.75 Å². The maximum absolute atomic E-state index is 9.59. The van der Waals surface area contributed by atoms with Crippen molar-refractivity contribution in [1.82, 2.24) is 4.90 Å². The molecule has 4 nitrogen and oxygen atoms in total. The predicted molar refractivity (Wildman–Crippen MR) is 82.9 cm³/mol. The van der Waals surface area contributed by atoms with E-state index in [-0.39, 0.29) is 24.2 Å². The molecule has 0 heterocycles. The van der Waals surface area contributed by atoms with E-state index in [1.807, 2.05) is 45.2 Å². The van der Waals surface area contributed by atoms with Gasteiger partial charge in [0, 0.05) is 11.6 Å². The largest absolute Gasteiger partial charge is 0.497 e. The van der Waals surface area contributed by atoms with Crippen LogP contribution in [0.15, 0.2) is 24.3 Å². The lowest BCUT2D eigenvalue weighted by atomic mass is 9.92. The molecule has 0 fully saturated rings. The van der Waals surface area contributed by atoms with Gasteiger partial charge in [0.2, 0.25) is 0 Å². The van der Waals surface area contributed by atoms with Crippen molar-refractivity contribution in [3.05, 3.63) is 29.8 Å². The zero-order valence-corrected chi connectivity index (χ0v) is 13.3. The molecule has 0 spiro atoms. The molecule has 1 aromatic carbocycles. The van der Waals surface area contributed by atoms with Crippen molar-refractivity contribution in [2.24, 2.45) is 5.73 Å². The smallest absolute Gasteiger partial charge is 0.118 e. The number of hydrogen-bond acceptors (Lipinski definition) is 4. The summed E-state index contributed by atoms with van der Waals surface area (Å²) < 4.78 is 5.20. The summed E-state index contributed by atoms with van der Waals surface area (Å²) in [6.07, 6.45) is 0.878. The van der Waals surface area contributed by atoms with Crippen molar-refractivity contribution >= 4 is 0 Å². The van der Waals surface area contributed by atoms with E-state index in [1.54, 1.807) is 7.11 Å². The van der Waals surface area contributed by atoms with Gasteiger partial charge >= 0.3 is 0 Å². The van der Waals surface area contributed by atoms with Gasteiger partial charge in [0.15, 0.2) is 0 Å². The zero-order chi connectivity index (χ0) is 15.3. The van der Waals surface area contributed by atoms with Crippen molar-refractivity contribution in [1.29, 1.82) is 0 Å². The second kappa shape index (κ2) is 7.07.